The largest absolute Gasteiger partial charge is 0.443 e. The molecule has 0 saturated heterocycles. The maximum Gasteiger partial charge on any atom is 0.247 e. The minimum atomic E-state index is -0.114. The van der Waals surface area contributed by atoms with E-state index in [-0.39, 0.29) is 5.60 Å². The fraction of sp³-hybridized carbons (Fsp3) is 0.292. The van der Waals surface area contributed by atoms with Crippen LogP contribution in [0.5, 0.6) is 0 Å². The number of nitrogens with zero attached hydrogens (tertiary/aromatic N) is 4. The number of halogens is 1. The summed E-state index contributed by atoms with van der Waals surface area (Å²) in [7, 11) is 1.79. The fourth-order valence-corrected chi connectivity index (χ4v) is 4.14. The molecular formula is C24H23ClN4O2. The molecule has 0 aliphatic heterocycles. The van der Waals surface area contributed by atoms with E-state index in [1.54, 1.807) is 25.6 Å². The van der Waals surface area contributed by atoms with Crippen molar-refractivity contribution in [3.63, 3.8) is 0 Å². The van der Waals surface area contributed by atoms with Gasteiger partial charge in [-0.05, 0) is 49.4 Å². The Bertz CT molecular complexity index is 1190. The van der Waals surface area contributed by atoms with Crippen molar-refractivity contribution in [3.05, 3.63) is 76.9 Å². The van der Waals surface area contributed by atoms with Crippen molar-refractivity contribution in [1.82, 2.24) is 19.7 Å². The predicted molar refractivity (Wildman–Crippen MR) is 119 cm³/mol. The molecule has 1 fully saturated rings. The Kier molecular flexibility index (Phi) is 5.12. The van der Waals surface area contributed by atoms with E-state index in [4.69, 9.17) is 20.8 Å². The molecule has 1 saturated carbocycles. The van der Waals surface area contributed by atoms with E-state index in [0.29, 0.717) is 23.3 Å². The lowest BCUT2D eigenvalue weighted by molar-refractivity contribution is -0.0778. The van der Waals surface area contributed by atoms with E-state index in [9.17, 15) is 0 Å². The number of hydrogen-bond donors (Lipinski definition) is 0. The summed E-state index contributed by atoms with van der Waals surface area (Å²) in [5, 5.41) is 5.14. The molecule has 1 aliphatic carbocycles. The van der Waals surface area contributed by atoms with Crippen LogP contribution in [0.3, 0.4) is 0 Å². The Balaban J connectivity index is 1.35. The number of benzene rings is 1. The molecule has 158 valence electrons. The third-order valence-electron chi connectivity index (χ3n) is 6.08. The van der Waals surface area contributed by atoms with Crippen molar-refractivity contribution in [1.29, 1.82) is 0 Å². The van der Waals surface area contributed by atoms with Gasteiger partial charge in [-0.1, -0.05) is 41.9 Å². The van der Waals surface area contributed by atoms with Crippen LogP contribution in [0.15, 0.2) is 59.3 Å². The number of oxazole rings is 1. The second kappa shape index (κ2) is 7.94. The van der Waals surface area contributed by atoms with Crippen LogP contribution < -0.4 is 0 Å². The van der Waals surface area contributed by atoms with Gasteiger partial charge in [0, 0.05) is 24.6 Å². The monoisotopic (exact) mass is 434 g/mol. The lowest BCUT2D eigenvalue weighted by atomic mass is 9.74. The summed E-state index contributed by atoms with van der Waals surface area (Å²) in [6, 6.07) is 14.1. The van der Waals surface area contributed by atoms with E-state index in [1.165, 1.54) is 12.0 Å². The van der Waals surface area contributed by atoms with Gasteiger partial charge in [0.2, 0.25) is 5.89 Å². The van der Waals surface area contributed by atoms with Gasteiger partial charge >= 0.3 is 0 Å². The summed E-state index contributed by atoms with van der Waals surface area (Å²) in [6.07, 6.45) is 6.80. The van der Waals surface area contributed by atoms with Crippen molar-refractivity contribution in [2.75, 3.05) is 7.11 Å². The lowest BCUT2D eigenvalue weighted by Crippen LogP contribution is -2.35. The minimum absolute atomic E-state index is 0.114. The van der Waals surface area contributed by atoms with Gasteiger partial charge in [0.25, 0.3) is 0 Å². The Morgan fingerprint density at radius 1 is 1.13 bits per heavy atom. The van der Waals surface area contributed by atoms with Crippen LogP contribution >= 0.6 is 11.6 Å². The first kappa shape index (κ1) is 20.0. The number of aromatic nitrogens is 4. The summed E-state index contributed by atoms with van der Waals surface area (Å²) in [4.78, 5) is 8.79. The molecule has 0 atom stereocenters. The number of methoxy groups -OCH3 is 1. The molecule has 0 amide bonds. The van der Waals surface area contributed by atoms with Crippen molar-refractivity contribution < 1.29 is 9.15 Å². The van der Waals surface area contributed by atoms with E-state index in [0.717, 1.165) is 35.4 Å². The third kappa shape index (κ3) is 3.77. The van der Waals surface area contributed by atoms with E-state index >= 15 is 0 Å². The highest BCUT2D eigenvalue weighted by Crippen LogP contribution is 2.44. The molecule has 0 unspecified atom stereocenters. The average molecular weight is 435 g/mol. The summed E-state index contributed by atoms with van der Waals surface area (Å²) < 4.78 is 13.4. The normalized spacial score (nSPS) is 15.1. The van der Waals surface area contributed by atoms with Gasteiger partial charge in [0.1, 0.15) is 22.8 Å². The Hall–Kier alpha value is -2.96. The Morgan fingerprint density at radius 3 is 2.58 bits per heavy atom. The second-order valence-electron chi connectivity index (χ2n) is 7.98. The number of ether oxygens (including phenoxy) is 1. The first-order valence-corrected chi connectivity index (χ1v) is 10.7. The maximum absolute atomic E-state index is 5.87. The highest BCUT2D eigenvalue weighted by Gasteiger charge is 2.38. The molecule has 1 aromatic carbocycles. The summed E-state index contributed by atoms with van der Waals surface area (Å²) >= 11 is 5.87. The van der Waals surface area contributed by atoms with Crippen LogP contribution in [0.2, 0.25) is 5.15 Å². The molecule has 0 radical (unpaired) electrons. The molecule has 0 N–H and O–H groups in total. The zero-order valence-electron chi connectivity index (χ0n) is 17.5. The SMILES string of the molecule is COC1(c2ccc(-c3coc(-c4cc(C)n(Cc5ccc(Cl)nc5)n4)n3)cc2)CCC1. The molecule has 3 heterocycles. The van der Waals surface area contributed by atoms with Gasteiger partial charge < -0.3 is 9.15 Å². The number of rotatable bonds is 6. The quantitative estimate of drug-likeness (QED) is 0.367. The van der Waals surface area contributed by atoms with Crippen LogP contribution in [0.25, 0.3) is 22.8 Å². The van der Waals surface area contributed by atoms with Crippen LogP contribution in [0.1, 0.15) is 36.1 Å². The molecule has 4 aromatic rings. The van der Waals surface area contributed by atoms with Crippen LogP contribution in [0, 0.1) is 6.92 Å². The number of hydrogen-bond acceptors (Lipinski definition) is 5. The van der Waals surface area contributed by atoms with Gasteiger partial charge in [-0.15, -0.1) is 0 Å². The number of pyridine rings is 1. The third-order valence-corrected chi connectivity index (χ3v) is 6.31. The maximum atomic E-state index is 5.87. The smallest absolute Gasteiger partial charge is 0.247 e. The lowest BCUT2D eigenvalue weighted by Gasteiger charge is -2.41. The molecule has 0 bridgehead atoms. The number of aryl methyl sites for hydroxylation is 1. The first-order chi connectivity index (χ1) is 15.1. The summed E-state index contributed by atoms with van der Waals surface area (Å²) in [6.45, 7) is 2.61. The van der Waals surface area contributed by atoms with Crippen molar-refractivity contribution in [2.24, 2.45) is 0 Å². The first-order valence-electron chi connectivity index (χ1n) is 10.3. The van der Waals surface area contributed by atoms with Gasteiger partial charge in [-0.3, -0.25) is 4.68 Å². The molecule has 7 heteroatoms. The summed E-state index contributed by atoms with van der Waals surface area (Å²) in [5.74, 6) is 0.502. The van der Waals surface area contributed by atoms with Gasteiger partial charge in [-0.2, -0.15) is 5.10 Å². The molecule has 3 aromatic heterocycles. The molecular weight excluding hydrogens is 412 g/mol. The molecule has 1 aliphatic rings. The van der Waals surface area contributed by atoms with Gasteiger partial charge in [0.15, 0.2) is 0 Å². The van der Waals surface area contributed by atoms with Gasteiger partial charge in [-0.25, -0.2) is 9.97 Å². The Morgan fingerprint density at radius 2 is 1.94 bits per heavy atom. The highest BCUT2D eigenvalue weighted by molar-refractivity contribution is 6.29. The Labute approximate surface area is 185 Å². The fourth-order valence-electron chi connectivity index (χ4n) is 4.02. The highest BCUT2D eigenvalue weighted by atomic mass is 35.5. The zero-order valence-corrected chi connectivity index (χ0v) is 18.3. The second-order valence-corrected chi connectivity index (χ2v) is 8.37. The van der Waals surface area contributed by atoms with E-state index in [2.05, 4.69) is 39.3 Å². The van der Waals surface area contributed by atoms with Crippen LogP contribution in [-0.2, 0) is 16.9 Å². The zero-order chi connectivity index (χ0) is 21.4. The van der Waals surface area contributed by atoms with E-state index in [1.807, 2.05) is 23.7 Å². The minimum Gasteiger partial charge on any atom is -0.443 e. The molecule has 0 spiro atoms. The van der Waals surface area contributed by atoms with Crippen LogP contribution in [0.4, 0.5) is 0 Å². The molecule has 5 rings (SSSR count). The van der Waals surface area contributed by atoms with Crippen molar-refractivity contribution in [2.45, 2.75) is 38.3 Å². The average Bonchev–Trinajstić information content (AvgIpc) is 3.37. The van der Waals surface area contributed by atoms with Crippen LogP contribution in [-0.4, -0.2) is 26.9 Å². The molecule has 6 nitrogen and oxygen atoms in total. The van der Waals surface area contributed by atoms with Gasteiger partial charge in [0.05, 0.1) is 12.1 Å². The predicted octanol–water partition coefficient (Wildman–Crippen LogP) is 5.64. The summed E-state index contributed by atoms with van der Waals surface area (Å²) in [5.41, 5.74) is 5.64. The molecule has 31 heavy (non-hydrogen) atoms. The van der Waals surface area contributed by atoms with Crippen molar-refractivity contribution >= 4 is 11.6 Å². The van der Waals surface area contributed by atoms with E-state index < -0.39 is 0 Å². The topological polar surface area (TPSA) is 66.0 Å². The van der Waals surface area contributed by atoms with Crippen molar-refractivity contribution in [3.8, 4) is 22.8 Å². The standard InChI is InChI=1S/C24H23ClN4O2/c1-16-12-20(28-29(16)14-17-4-9-22(25)26-13-17)23-27-21(15-31-23)18-5-7-19(8-6-18)24(30-2)10-3-11-24/h4-9,12-13,15H,3,10-11,14H2,1-2H3.